The lowest BCUT2D eigenvalue weighted by molar-refractivity contribution is -0.133. The molecule has 0 saturated carbocycles. The monoisotopic (exact) mass is 464 g/mol. The first-order chi connectivity index (χ1) is 12.2. The lowest BCUT2D eigenvalue weighted by Crippen LogP contribution is -2.50. The first kappa shape index (κ1) is 19.8. The molecule has 0 bridgehead atoms. The van der Waals surface area contributed by atoms with Crippen LogP contribution < -0.4 is 0 Å². The van der Waals surface area contributed by atoms with Gasteiger partial charge in [-0.1, -0.05) is 22.0 Å². The van der Waals surface area contributed by atoms with Crippen molar-refractivity contribution in [2.24, 2.45) is 5.92 Å². The Morgan fingerprint density at radius 2 is 1.88 bits per heavy atom. The van der Waals surface area contributed by atoms with Crippen LogP contribution in [0.15, 0.2) is 33.6 Å². The number of sulfone groups is 1. The molecule has 0 radical (unpaired) electrons. The van der Waals surface area contributed by atoms with E-state index in [1.807, 2.05) is 0 Å². The number of halogens is 1. The van der Waals surface area contributed by atoms with Gasteiger partial charge in [0.05, 0.1) is 16.4 Å². The number of rotatable bonds is 4. The first-order valence-corrected chi connectivity index (χ1v) is 12.5. The summed E-state index contributed by atoms with van der Waals surface area (Å²) in [4.78, 5) is 14.3. The third-order valence-electron chi connectivity index (χ3n) is 4.82. The highest BCUT2D eigenvalue weighted by Crippen LogP contribution is 2.24. The van der Waals surface area contributed by atoms with Crippen molar-refractivity contribution in [1.82, 2.24) is 9.21 Å². The molecule has 2 saturated heterocycles. The number of piperazine rings is 1. The van der Waals surface area contributed by atoms with E-state index in [-0.39, 0.29) is 47.7 Å². The molecule has 1 aromatic rings. The Hall–Kier alpha value is -0.970. The number of amides is 1. The van der Waals surface area contributed by atoms with Gasteiger partial charge in [-0.05, 0) is 30.5 Å². The molecule has 2 fully saturated rings. The number of benzene rings is 1. The van der Waals surface area contributed by atoms with E-state index >= 15 is 0 Å². The van der Waals surface area contributed by atoms with Crippen LogP contribution >= 0.6 is 15.9 Å². The molecular weight excluding hydrogens is 444 g/mol. The molecule has 3 rings (SSSR count). The molecule has 0 spiro atoms. The van der Waals surface area contributed by atoms with E-state index < -0.39 is 19.9 Å². The number of carbonyl (C=O) groups excluding carboxylic acids is 1. The predicted octanol–water partition coefficient (Wildman–Crippen LogP) is 1.11. The largest absolute Gasteiger partial charge is 0.340 e. The Balaban J connectivity index is 1.58. The predicted molar refractivity (Wildman–Crippen MR) is 101 cm³/mol. The molecule has 2 heterocycles. The molecule has 144 valence electrons. The molecule has 2 aliphatic rings. The zero-order chi connectivity index (χ0) is 18.9. The average Bonchev–Trinajstić information content (AvgIpc) is 2.93. The summed E-state index contributed by atoms with van der Waals surface area (Å²) in [6.07, 6.45) is 0.753. The van der Waals surface area contributed by atoms with Gasteiger partial charge in [-0.25, -0.2) is 16.8 Å². The molecule has 10 heteroatoms. The van der Waals surface area contributed by atoms with Crippen LogP contribution in [-0.4, -0.2) is 69.6 Å². The maximum absolute atomic E-state index is 12.7. The van der Waals surface area contributed by atoms with Crippen molar-refractivity contribution in [3.05, 3.63) is 28.7 Å². The first-order valence-electron chi connectivity index (χ1n) is 8.41. The minimum Gasteiger partial charge on any atom is -0.340 e. The van der Waals surface area contributed by atoms with E-state index in [9.17, 15) is 21.6 Å². The Labute approximate surface area is 162 Å². The maximum Gasteiger partial charge on any atom is 0.243 e. The molecule has 1 atom stereocenters. The zero-order valence-electron chi connectivity index (χ0n) is 14.2. The normalized spacial score (nSPS) is 23.9. The highest BCUT2D eigenvalue weighted by atomic mass is 79.9. The molecule has 0 aliphatic carbocycles. The third-order valence-corrected chi connectivity index (χ3v) is 9.04. The lowest BCUT2D eigenvalue weighted by Gasteiger charge is -2.34. The second-order valence-electron chi connectivity index (χ2n) is 6.72. The summed E-state index contributed by atoms with van der Waals surface area (Å²) in [5, 5.41) is 0. The fourth-order valence-corrected chi connectivity index (χ4v) is 7.24. The van der Waals surface area contributed by atoms with Crippen LogP contribution in [0.25, 0.3) is 0 Å². The minimum absolute atomic E-state index is 0.0793. The summed E-state index contributed by atoms with van der Waals surface area (Å²) < 4.78 is 50.5. The van der Waals surface area contributed by atoms with E-state index in [2.05, 4.69) is 15.9 Å². The van der Waals surface area contributed by atoms with Gasteiger partial charge in [-0.2, -0.15) is 4.31 Å². The van der Waals surface area contributed by atoms with Crippen LogP contribution in [-0.2, 0) is 24.7 Å². The summed E-state index contributed by atoms with van der Waals surface area (Å²) >= 11 is 3.28. The van der Waals surface area contributed by atoms with Crippen molar-refractivity contribution in [1.29, 1.82) is 0 Å². The van der Waals surface area contributed by atoms with Gasteiger partial charge in [0.15, 0.2) is 9.84 Å². The quantitative estimate of drug-likeness (QED) is 0.665. The second kappa shape index (κ2) is 7.57. The number of nitrogens with zero attached hydrogens (tertiary/aromatic N) is 2. The summed E-state index contributed by atoms with van der Waals surface area (Å²) in [7, 11) is -6.58. The molecule has 0 N–H and O–H groups in total. The fraction of sp³-hybridized carbons (Fsp3) is 0.562. The van der Waals surface area contributed by atoms with E-state index in [4.69, 9.17) is 0 Å². The maximum atomic E-state index is 12.7. The van der Waals surface area contributed by atoms with E-state index in [0.29, 0.717) is 24.0 Å². The van der Waals surface area contributed by atoms with Crippen LogP contribution in [0.5, 0.6) is 0 Å². The number of hydrogen-bond acceptors (Lipinski definition) is 5. The lowest BCUT2D eigenvalue weighted by atomic mass is 10.0. The SMILES string of the molecule is O=C(CC1CCS(=O)(=O)C1)N1CCN(S(=O)(=O)c2cccc(Br)c2)CC1. The molecule has 7 nitrogen and oxygen atoms in total. The summed E-state index contributed by atoms with van der Waals surface area (Å²) in [5.41, 5.74) is 0. The van der Waals surface area contributed by atoms with Crippen LogP contribution in [0.1, 0.15) is 12.8 Å². The van der Waals surface area contributed by atoms with Crippen molar-refractivity contribution < 1.29 is 21.6 Å². The number of hydrogen-bond donors (Lipinski definition) is 0. The third kappa shape index (κ3) is 4.47. The fourth-order valence-electron chi connectivity index (χ4n) is 3.36. The second-order valence-corrected chi connectivity index (χ2v) is 11.8. The van der Waals surface area contributed by atoms with E-state index in [1.54, 1.807) is 29.2 Å². The van der Waals surface area contributed by atoms with Crippen molar-refractivity contribution in [3.8, 4) is 0 Å². The van der Waals surface area contributed by atoms with Gasteiger partial charge in [0.1, 0.15) is 0 Å². The highest BCUT2D eigenvalue weighted by molar-refractivity contribution is 9.10. The van der Waals surface area contributed by atoms with Crippen molar-refractivity contribution in [3.63, 3.8) is 0 Å². The Morgan fingerprint density at radius 1 is 1.19 bits per heavy atom. The van der Waals surface area contributed by atoms with Gasteiger partial charge < -0.3 is 4.90 Å². The molecule has 1 unspecified atom stereocenters. The Bertz CT molecular complexity index is 893. The van der Waals surface area contributed by atoms with Gasteiger partial charge in [0.25, 0.3) is 0 Å². The van der Waals surface area contributed by atoms with Gasteiger partial charge in [-0.15, -0.1) is 0 Å². The minimum atomic E-state index is -3.59. The average molecular weight is 465 g/mol. The summed E-state index contributed by atoms with van der Waals surface area (Å²) in [5.74, 6) is 0.0297. The van der Waals surface area contributed by atoms with Crippen LogP contribution in [0, 0.1) is 5.92 Å². The highest BCUT2D eigenvalue weighted by Gasteiger charge is 2.33. The topological polar surface area (TPSA) is 91.8 Å². The molecule has 1 amide bonds. The van der Waals surface area contributed by atoms with Gasteiger partial charge >= 0.3 is 0 Å². The van der Waals surface area contributed by atoms with Gasteiger partial charge in [0, 0.05) is 37.1 Å². The zero-order valence-corrected chi connectivity index (χ0v) is 17.4. The Morgan fingerprint density at radius 3 is 2.46 bits per heavy atom. The van der Waals surface area contributed by atoms with Gasteiger partial charge in [0.2, 0.25) is 15.9 Å². The smallest absolute Gasteiger partial charge is 0.243 e. The van der Waals surface area contributed by atoms with Crippen LogP contribution in [0.4, 0.5) is 0 Å². The molecule has 2 aliphatic heterocycles. The standard InChI is InChI=1S/C16H21BrN2O5S2/c17-14-2-1-3-15(11-14)26(23,24)19-7-5-18(6-8-19)16(20)10-13-4-9-25(21,22)12-13/h1-3,11,13H,4-10,12H2. The summed E-state index contributed by atoms with van der Waals surface area (Å²) in [6, 6.07) is 6.55. The van der Waals surface area contributed by atoms with Crippen molar-refractivity contribution >= 4 is 41.7 Å². The number of carbonyl (C=O) groups is 1. The van der Waals surface area contributed by atoms with Crippen molar-refractivity contribution in [2.45, 2.75) is 17.7 Å². The van der Waals surface area contributed by atoms with Gasteiger partial charge in [-0.3, -0.25) is 4.79 Å². The van der Waals surface area contributed by atoms with E-state index in [1.165, 1.54) is 4.31 Å². The van der Waals surface area contributed by atoms with Crippen LogP contribution in [0.2, 0.25) is 0 Å². The summed E-state index contributed by atoms with van der Waals surface area (Å²) in [6.45, 7) is 1.13. The molecular formula is C16H21BrN2O5S2. The molecule has 0 aromatic heterocycles. The van der Waals surface area contributed by atoms with Crippen LogP contribution in [0.3, 0.4) is 0 Å². The van der Waals surface area contributed by atoms with E-state index in [0.717, 1.165) is 0 Å². The number of sulfonamides is 1. The molecule has 26 heavy (non-hydrogen) atoms. The Kier molecular flexibility index (Phi) is 5.76. The molecule has 1 aromatic carbocycles. The van der Waals surface area contributed by atoms with Crippen molar-refractivity contribution in [2.75, 3.05) is 37.7 Å².